The molecule has 0 aliphatic heterocycles. The second kappa shape index (κ2) is 23.2. The van der Waals surface area contributed by atoms with E-state index in [4.69, 9.17) is 11.5 Å². The second-order valence-corrected chi connectivity index (χ2v) is 13.2. The molecule has 64 valence electrons. The van der Waals surface area contributed by atoms with E-state index in [9.17, 15) is 0 Å². The van der Waals surface area contributed by atoms with E-state index in [0.29, 0.717) is 0 Å². The van der Waals surface area contributed by atoms with Gasteiger partial charge in [0.05, 0.1) is 0 Å². The van der Waals surface area contributed by atoms with Crippen molar-refractivity contribution in [1.82, 2.24) is 0 Å². The van der Waals surface area contributed by atoms with Gasteiger partial charge in [-0.25, -0.2) is 0 Å². The molecule has 0 amide bonds. The molecule has 0 fully saturated rings. The SMILES string of the molecule is [3H]PP([3H])PP([3H])P([3H])P([3H])P([3H])([3H])([3H])[3H].[CH3-].[V].[V]. The average molecular weight is 363 g/mol. The normalized spacial score (nSPS) is 40.0. The molecule has 9 heteroatoms. The first-order chi connectivity index (χ1) is 6.95. The Hall–Kier alpha value is 4.18. The van der Waals surface area contributed by atoms with Gasteiger partial charge in [0, 0.05) is 37.1 Å². The number of rotatable bonds is 6. The van der Waals surface area contributed by atoms with E-state index >= 15 is 0 Å². The molecule has 0 aromatic carbocycles. The topological polar surface area (TPSA) is 0 Å². The van der Waals surface area contributed by atoms with Crippen LogP contribution in [0.4, 0.5) is 0 Å². The molecule has 0 aromatic heterocycles. The maximum absolute atomic E-state index is 7.63. The minimum absolute atomic E-state index is 0. The second-order valence-electron chi connectivity index (χ2n) is 0.491. The van der Waals surface area contributed by atoms with Gasteiger partial charge in [0.25, 0.3) is 0 Å². The Labute approximate surface area is 113 Å². The van der Waals surface area contributed by atoms with Crippen molar-refractivity contribution in [3.05, 3.63) is 7.43 Å². The van der Waals surface area contributed by atoms with Crippen LogP contribution in [0.25, 0.3) is 0 Å². The van der Waals surface area contributed by atoms with Crippen molar-refractivity contribution in [1.29, 1.82) is 11.5 Å². The molecule has 0 heterocycles. The Morgan fingerprint density at radius 1 is 1.50 bits per heavy atom. The molecule has 0 nitrogen and oxygen atoms in total. The van der Waals surface area contributed by atoms with E-state index in [1.54, 1.807) is 0 Å². The van der Waals surface area contributed by atoms with Crippen molar-refractivity contribution in [3.8, 4) is 0 Å². The summed E-state index contributed by atoms with van der Waals surface area (Å²) in [6, 6.07) is 0. The van der Waals surface area contributed by atoms with Crippen LogP contribution in [0.2, 0.25) is 0 Å². The summed E-state index contributed by atoms with van der Waals surface area (Å²) in [6.07, 6.45) is 0. The Bertz CT molecular complexity index is 227. The van der Waals surface area contributed by atoms with Crippen LogP contribution in [0.1, 0.15) is 0 Å². The molecule has 0 bridgehead atoms. The van der Waals surface area contributed by atoms with Gasteiger partial charge in [-0.1, -0.05) is 0 Å². The zero-order valence-electron chi connectivity index (χ0n) is 14.1. The predicted octanol–water partition coefficient (Wildman–Crippen LogP) is 3.53. The molecular formula is CH14P7V2-. The van der Waals surface area contributed by atoms with Gasteiger partial charge in [-0.2, -0.15) is 0 Å². The molecule has 0 aromatic rings. The van der Waals surface area contributed by atoms with Crippen molar-refractivity contribution in [2.75, 3.05) is 0 Å². The smallest absolute Gasteiger partial charge is 0 e. The summed E-state index contributed by atoms with van der Waals surface area (Å²) in [4.78, 5) is 0. The number of hydrogen-bond acceptors (Lipinski definition) is 0. The quantitative estimate of drug-likeness (QED) is 0.501. The van der Waals surface area contributed by atoms with Crippen LogP contribution in [0.5, 0.6) is 0 Å². The molecule has 6 atom stereocenters. The molecule has 0 rings (SSSR count). The standard InChI is InChI=1S/CH3.H11P7.2V/c;1-3-5-7-6-4-2;;/h1H3;3-7H,1H2,2H4;;/q-1;;;/i;1T,2T4,3T,4T,6T,7T;;. The summed E-state index contributed by atoms with van der Waals surface area (Å²) in [6.45, 7) is 0. The minimum Gasteiger partial charge on any atom is -0.358 e. The van der Waals surface area contributed by atoms with Crippen LogP contribution < -0.4 is 0 Å². The summed E-state index contributed by atoms with van der Waals surface area (Å²) < 4.78 is 65.7. The molecule has 10 heavy (non-hydrogen) atoms. The monoisotopic (exact) mass is 363 g/mol. The molecular weight excluding hydrogens is 331 g/mol. The van der Waals surface area contributed by atoms with E-state index in [1.165, 1.54) is 0 Å². The third-order valence-corrected chi connectivity index (χ3v) is 14.5. The molecule has 0 saturated heterocycles. The Morgan fingerprint density at radius 3 is 2.70 bits per heavy atom. The molecule has 0 aliphatic carbocycles. The van der Waals surface area contributed by atoms with Crippen molar-refractivity contribution in [3.63, 3.8) is 0 Å². The van der Waals surface area contributed by atoms with Gasteiger partial charge in [-0.3, -0.25) is 0 Å². The Kier molecular flexibility index (Phi) is 15.5. The fourth-order valence-electron chi connectivity index (χ4n) is 0.0624. The Morgan fingerprint density at radius 2 is 2.20 bits per heavy atom. The molecule has 0 N–H and O–H groups in total. The molecule has 0 spiro atoms. The van der Waals surface area contributed by atoms with Crippen molar-refractivity contribution < 1.29 is 37.1 Å². The summed E-state index contributed by atoms with van der Waals surface area (Å²) in [7, 11) is -13.0. The van der Waals surface area contributed by atoms with E-state index in [1.807, 2.05) is 0 Å². The van der Waals surface area contributed by atoms with Crippen molar-refractivity contribution in [2.24, 2.45) is 0 Å². The van der Waals surface area contributed by atoms with E-state index < -0.39 is 40.3 Å². The zero-order valence-corrected chi connectivity index (χ0v) is 14.4. The maximum atomic E-state index is 7.63. The van der Waals surface area contributed by atoms with Crippen LogP contribution in [-0.2, 0) is 37.1 Å². The molecule has 0 aliphatic rings. The average Bonchev–Trinajstić information content (AvgIpc) is 2.12. The first kappa shape index (κ1) is 6.69. The molecule has 2 radical (unpaired) electrons. The van der Waals surface area contributed by atoms with Gasteiger partial charge < -0.3 is 7.43 Å². The zero-order chi connectivity index (χ0) is 13.2. The van der Waals surface area contributed by atoms with Crippen LogP contribution in [0, 0.1) is 7.43 Å². The number of hydrogen-bond donors (Lipinski definition) is 0. The summed E-state index contributed by atoms with van der Waals surface area (Å²) in [5, 5.41) is 0. The van der Waals surface area contributed by atoms with E-state index in [-0.39, 0.29) is 61.4 Å². The third kappa shape index (κ3) is 22.8. The fourth-order valence-corrected chi connectivity index (χ4v) is 15.2. The summed E-state index contributed by atoms with van der Waals surface area (Å²) in [5.41, 5.74) is 0. The van der Waals surface area contributed by atoms with Gasteiger partial charge in [0.15, 0.2) is 0 Å². The van der Waals surface area contributed by atoms with Gasteiger partial charge in [-0.05, 0) is 0 Å². The minimum atomic E-state index is -5.04. The summed E-state index contributed by atoms with van der Waals surface area (Å²) >= 11 is 0. The first-order valence-electron chi connectivity index (χ1n) is 5.35. The van der Waals surface area contributed by atoms with Crippen LogP contribution in [-0.4, -0.2) is 11.5 Å². The van der Waals surface area contributed by atoms with Gasteiger partial charge in [0.1, 0.15) is 0 Å². The fraction of sp³-hybridized carbons (Fsp3) is 0. The van der Waals surface area contributed by atoms with Crippen molar-refractivity contribution in [2.45, 2.75) is 0 Å². The van der Waals surface area contributed by atoms with Crippen LogP contribution in [0.3, 0.4) is 0 Å². The predicted molar refractivity (Wildman–Crippen MR) is 70.2 cm³/mol. The molecule has 6 unspecified atom stereocenters. The van der Waals surface area contributed by atoms with E-state index in [2.05, 4.69) is 0 Å². The first-order valence-corrected chi connectivity index (χ1v) is 11.4. The van der Waals surface area contributed by atoms with Gasteiger partial charge in [-0.15, -0.1) is 0 Å². The van der Waals surface area contributed by atoms with Crippen molar-refractivity contribution >= 4 is 57.2 Å². The Balaban J connectivity index is -0.000000375. The summed E-state index contributed by atoms with van der Waals surface area (Å²) in [5.74, 6) is 0. The van der Waals surface area contributed by atoms with Crippen LogP contribution >= 0.6 is 57.2 Å². The largest absolute Gasteiger partial charge is 0.358 e. The molecule has 0 saturated carbocycles. The maximum Gasteiger partial charge on any atom is 0 e. The van der Waals surface area contributed by atoms with Gasteiger partial charge >= 0.3 is 68.7 Å². The third-order valence-electron chi connectivity index (χ3n) is 0.179. The van der Waals surface area contributed by atoms with Gasteiger partial charge in [0.2, 0.25) is 0 Å². The van der Waals surface area contributed by atoms with Crippen LogP contribution in [0.15, 0.2) is 0 Å². The van der Waals surface area contributed by atoms with E-state index in [0.717, 1.165) is 0 Å².